The van der Waals surface area contributed by atoms with Gasteiger partial charge < -0.3 is 15.8 Å². The Hall–Kier alpha value is -3.54. The summed E-state index contributed by atoms with van der Waals surface area (Å²) in [6.07, 6.45) is 2.73. The standard InChI is InChI=1S/C29H32N3O4P/c1-19(2)16-25(30)28(33)32(27(29(34)35)17-22-18-31-26-13-6-5-12-24(22)26)37(36)15-14-21-10-7-9-20-8-3-4-11-23(20)21/h3-13,18-19,25,27,31H,14-17,30H2,1-2H3/p+1. The van der Waals surface area contributed by atoms with E-state index in [0.717, 1.165) is 37.5 Å². The molecular weight excluding hydrogens is 485 g/mol. The molecule has 192 valence electrons. The topological polar surface area (TPSA) is 116 Å². The van der Waals surface area contributed by atoms with E-state index in [0.29, 0.717) is 12.8 Å². The molecule has 0 aliphatic carbocycles. The third-order valence-corrected chi connectivity index (χ3v) is 8.19. The van der Waals surface area contributed by atoms with Crippen molar-refractivity contribution < 1.29 is 19.3 Å². The van der Waals surface area contributed by atoms with Crippen LogP contribution in [-0.2, 0) is 27.0 Å². The third kappa shape index (κ3) is 6.07. The number of carboxylic acid groups (broad SMARTS) is 1. The van der Waals surface area contributed by atoms with Gasteiger partial charge in [0.2, 0.25) is 0 Å². The van der Waals surface area contributed by atoms with Gasteiger partial charge >= 0.3 is 13.9 Å². The van der Waals surface area contributed by atoms with Crippen LogP contribution in [0.25, 0.3) is 21.7 Å². The van der Waals surface area contributed by atoms with Crippen LogP contribution >= 0.6 is 7.95 Å². The summed E-state index contributed by atoms with van der Waals surface area (Å²) < 4.78 is 14.8. The molecule has 0 fully saturated rings. The van der Waals surface area contributed by atoms with Crippen molar-refractivity contribution in [2.75, 3.05) is 6.16 Å². The Labute approximate surface area is 217 Å². The first-order chi connectivity index (χ1) is 17.8. The van der Waals surface area contributed by atoms with Crippen molar-refractivity contribution in [3.8, 4) is 0 Å². The first-order valence-electron chi connectivity index (χ1n) is 12.5. The van der Waals surface area contributed by atoms with Crippen LogP contribution in [-0.4, -0.2) is 44.9 Å². The Morgan fingerprint density at radius 2 is 1.65 bits per heavy atom. The molecule has 1 aromatic heterocycles. The fourth-order valence-electron chi connectivity index (χ4n) is 4.82. The molecule has 4 N–H and O–H groups in total. The normalized spacial score (nSPS) is 13.6. The number of aromatic amines is 1. The lowest BCUT2D eigenvalue weighted by Gasteiger charge is -2.23. The van der Waals surface area contributed by atoms with Crippen molar-refractivity contribution in [3.05, 3.63) is 84.1 Å². The predicted molar refractivity (Wildman–Crippen MR) is 148 cm³/mol. The van der Waals surface area contributed by atoms with E-state index in [9.17, 15) is 19.3 Å². The molecule has 1 amide bonds. The van der Waals surface area contributed by atoms with Crippen molar-refractivity contribution in [2.24, 2.45) is 11.7 Å². The molecule has 7 nitrogen and oxygen atoms in total. The summed E-state index contributed by atoms with van der Waals surface area (Å²) in [7, 11) is -2.35. The van der Waals surface area contributed by atoms with E-state index in [1.165, 1.54) is 0 Å². The van der Waals surface area contributed by atoms with Gasteiger partial charge in [-0.3, -0.25) is 4.79 Å². The summed E-state index contributed by atoms with van der Waals surface area (Å²) in [6, 6.07) is 19.2. The molecule has 3 atom stereocenters. The van der Waals surface area contributed by atoms with Gasteiger partial charge in [0.1, 0.15) is 0 Å². The van der Waals surface area contributed by atoms with Gasteiger partial charge in [-0.2, -0.15) is 0 Å². The van der Waals surface area contributed by atoms with E-state index in [4.69, 9.17) is 5.73 Å². The van der Waals surface area contributed by atoms with Gasteiger partial charge in [-0.1, -0.05) is 74.5 Å². The van der Waals surface area contributed by atoms with Crippen LogP contribution in [0.1, 0.15) is 31.4 Å². The summed E-state index contributed by atoms with van der Waals surface area (Å²) in [5.41, 5.74) is 8.84. The average molecular weight is 519 g/mol. The fourth-order valence-corrected chi connectivity index (χ4v) is 6.33. The highest BCUT2D eigenvalue weighted by molar-refractivity contribution is 7.43. The number of benzene rings is 3. The molecule has 0 spiro atoms. The summed E-state index contributed by atoms with van der Waals surface area (Å²) in [5, 5.41) is 13.2. The molecule has 3 aromatic carbocycles. The Kier molecular flexibility index (Phi) is 8.37. The monoisotopic (exact) mass is 518 g/mol. The number of nitrogens with one attached hydrogen (secondary N) is 1. The number of H-pyrrole nitrogens is 1. The zero-order valence-electron chi connectivity index (χ0n) is 21.1. The molecule has 0 radical (unpaired) electrons. The molecular formula is C29H33N3O4P+. The maximum atomic E-state index is 13.7. The molecule has 0 saturated carbocycles. The van der Waals surface area contributed by atoms with Crippen molar-refractivity contribution in [1.82, 2.24) is 9.65 Å². The highest BCUT2D eigenvalue weighted by atomic mass is 31.1. The number of aliphatic carboxylic acids is 1. The third-order valence-electron chi connectivity index (χ3n) is 6.63. The molecule has 4 rings (SSSR count). The second-order valence-corrected chi connectivity index (χ2v) is 11.4. The van der Waals surface area contributed by atoms with E-state index >= 15 is 0 Å². The fraction of sp³-hybridized carbons (Fsp3) is 0.310. The van der Waals surface area contributed by atoms with Crippen molar-refractivity contribution in [3.63, 3.8) is 0 Å². The van der Waals surface area contributed by atoms with Crippen LogP contribution in [0, 0.1) is 5.92 Å². The van der Waals surface area contributed by atoms with Gasteiger partial charge in [0, 0.05) is 29.9 Å². The first kappa shape index (κ1) is 26.5. The smallest absolute Gasteiger partial charge is 0.466 e. The van der Waals surface area contributed by atoms with Crippen molar-refractivity contribution in [1.29, 1.82) is 0 Å². The molecule has 3 unspecified atom stereocenters. The molecule has 37 heavy (non-hydrogen) atoms. The number of carbonyl (C=O) groups excluding carboxylic acids is 1. The van der Waals surface area contributed by atoms with Gasteiger partial charge in [-0.25, -0.2) is 4.79 Å². The largest absolute Gasteiger partial charge is 0.480 e. The van der Waals surface area contributed by atoms with Gasteiger partial charge in [-0.05, 0) is 44.9 Å². The number of rotatable bonds is 11. The maximum absolute atomic E-state index is 13.7. The average Bonchev–Trinajstić information content (AvgIpc) is 3.29. The first-order valence-corrected chi connectivity index (χ1v) is 13.9. The molecule has 0 bridgehead atoms. The van der Waals surface area contributed by atoms with Gasteiger partial charge in [0.15, 0.2) is 12.2 Å². The molecule has 8 heteroatoms. The number of carboxylic acids is 1. The summed E-state index contributed by atoms with van der Waals surface area (Å²) in [4.78, 5) is 29.2. The lowest BCUT2D eigenvalue weighted by Crippen LogP contribution is -2.49. The van der Waals surface area contributed by atoms with Gasteiger partial charge in [0.25, 0.3) is 5.91 Å². The van der Waals surface area contributed by atoms with E-state index in [1.54, 1.807) is 6.20 Å². The van der Waals surface area contributed by atoms with E-state index in [-0.39, 0.29) is 18.5 Å². The molecule has 0 aliphatic heterocycles. The Morgan fingerprint density at radius 3 is 2.38 bits per heavy atom. The van der Waals surface area contributed by atoms with E-state index in [2.05, 4.69) is 4.98 Å². The number of fused-ring (bicyclic) bond motifs is 2. The van der Waals surface area contributed by atoms with Crippen LogP contribution in [0.2, 0.25) is 0 Å². The lowest BCUT2D eigenvalue weighted by atomic mass is 10.0. The van der Waals surface area contributed by atoms with E-state index < -0.39 is 31.9 Å². The molecule has 0 saturated heterocycles. The second kappa shape index (κ2) is 11.7. The van der Waals surface area contributed by atoms with Gasteiger partial charge in [0.05, 0.1) is 6.04 Å². The number of aryl methyl sites for hydroxylation is 1. The minimum absolute atomic E-state index is 0.0226. The number of amides is 1. The van der Waals surface area contributed by atoms with Crippen LogP contribution in [0.5, 0.6) is 0 Å². The zero-order chi connectivity index (χ0) is 26.5. The van der Waals surface area contributed by atoms with Crippen LogP contribution in [0.4, 0.5) is 0 Å². The minimum Gasteiger partial charge on any atom is -0.480 e. The van der Waals surface area contributed by atoms with Crippen molar-refractivity contribution in [2.45, 2.75) is 45.2 Å². The number of nitrogens with zero attached hydrogens (tertiary/aromatic N) is 1. The molecule has 0 aliphatic rings. The Morgan fingerprint density at radius 1 is 0.973 bits per heavy atom. The maximum Gasteiger partial charge on any atom is 0.466 e. The number of hydrogen-bond donors (Lipinski definition) is 3. The highest BCUT2D eigenvalue weighted by Crippen LogP contribution is 2.35. The SMILES string of the molecule is CC(C)CC(N)C(=O)N(C(Cc1c[nH]c2ccccc12)C(=O)O)[P+](=O)CCc1cccc2ccccc12. The Balaban J connectivity index is 1.64. The van der Waals surface area contributed by atoms with Crippen LogP contribution in [0.15, 0.2) is 72.9 Å². The van der Waals surface area contributed by atoms with Crippen molar-refractivity contribution >= 4 is 41.5 Å². The summed E-state index contributed by atoms with van der Waals surface area (Å²) >= 11 is 0. The van der Waals surface area contributed by atoms with Crippen LogP contribution < -0.4 is 5.73 Å². The quantitative estimate of drug-likeness (QED) is 0.227. The van der Waals surface area contributed by atoms with Gasteiger partial charge in [-0.15, -0.1) is 4.67 Å². The number of carbonyl (C=O) groups is 2. The zero-order valence-corrected chi connectivity index (χ0v) is 22.0. The lowest BCUT2D eigenvalue weighted by molar-refractivity contribution is -0.146. The minimum atomic E-state index is -2.35. The number of para-hydroxylation sites is 1. The number of nitrogens with two attached hydrogens (primary N) is 1. The van der Waals surface area contributed by atoms with E-state index in [1.807, 2.05) is 80.6 Å². The summed E-state index contributed by atoms with van der Waals surface area (Å²) in [6.45, 7) is 3.89. The Bertz CT molecular complexity index is 1430. The predicted octanol–water partition coefficient (Wildman–Crippen LogP) is 5.50. The van der Waals surface area contributed by atoms with Crippen LogP contribution in [0.3, 0.4) is 0 Å². The molecule has 1 heterocycles. The second-order valence-electron chi connectivity index (χ2n) is 9.80. The number of aromatic nitrogens is 1. The highest BCUT2D eigenvalue weighted by Gasteiger charge is 2.45. The summed E-state index contributed by atoms with van der Waals surface area (Å²) in [5.74, 6) is -1.66. The number of hydrogen-bond acceptors (Lipinski definition) is 4. The molecule has 4 aromatic rings.